The minimum Gasteiger partial charge on any atom is -0.310 e. The molecular formula is C16H24BrN. The Morgan fingerprint density at radius 2 is 2.06 bits per heavy atom. The molecule has 1 fully saturated rings. The summed E-state index contributed by atoms with van der Waals surface area (Å²) in [6, 6.07) is 7.35. The quantitative estimate of drug-likeness (QED) is 0.841. The summed E-state index contributed by atoms with van der Waals surface area (Å²) in [6.07, 6.45) is 6.88. The molecule has 1 N–H and O–H groups in total. The molecule has 1 saturated carbocycles. The zero-order valence-electron chi connectivity index (χ0n) is 11.5. The van der Waals surface area contributed by atoms with Crippen molar-refractivity contribution in [3.05, 3.63) is 33.8 Å². The second kappa shape index (κ2) is 6.72. The van der Waals surface area contributed by atoms with Gasteiger partial charge in [0.15, 0.2) is 0 Å². The van der Waals surface area contributed by atoms with Crippen LogP contribution < -0.4 is 5.32 Å². The third-order valence-corrected chi connectivity index (χ3v) is 4.93. The molecule has 0 heterocycles. The predicted octanol–water partition coefficient (Wildman–Crippen LogP) is 4.82. The van der Waals surface area contributed by atoms with Crippen molar-refractivity contribution in [1.82, 2.24) is 5.32 Å². The van der Waals surface area contributed by atoms with E-state index >= 15 is 0 Å². The van der Waals surface area contributed by atoms with E-state index in [1.165, 1.54) is 47.7 Å². The van der Waals surface area contributed by atoms with Gasteiger partial charge in [0, 0.05) is 17.1 Å². The zero-order valence-corrected chi connectivity index (χ0v) is 13.1. The van der Waals surface area contributed by atoms with E-state index in [2.05, 4.69) is 53.3 Å². The number of aryl methyl sites for hydroxylation is 1. The van der Waals surface area contributed by atoms with E-state index in [1.807, 2.05) is 0 Å². The standard InChI is InChI=1S/C16H24BrN/c1-3-13-6-4-5-7-16(13)18-11-14-9-8-12(2)10-15(14)17/h8-10,13,16,18H,3-7,11H2,1-2H3. The second-order valence-electron chi connectivity index (χ2n) is 5.54. The lowest BCUT2D eigenvalue weighted by Crippen LogP contribution is -2.37. The van der Waals surface area contributed by atoms with Gasteiger partial charge in [-0.3, -0.25) is 0 Å². The van der Waals surface area contributed by atoms with Crippen molar-refractivity contribution in [2.75, 3.05) is 0 Å². The summed E-state index contributed by atoms with van der Waals surface area (Å²) in [5.41, 5.74) is 2.69. The molecule has 0 radical (unpaired) electrons. The van der Waals surface area contributed by atoms with Crippen molar-refractivity contribution in [3.8, 4) is 0 Å². The fourth-order valence-electron chi connectivity index (χ4n) is 3.00. The Labute approximate surface area is 119 Å². The Morgan fingerprint density at radius 3 is 2.78 bits per heavy atom. The highest BCUT2D eigenvalue weighted by Gasteiger charge is 2.22. The first-order valence-electron chi connectivity index (χ1n) is 7.19. The highest BCUT2D eigenvalue weighted by atomic mass is 79.9. The molecule has 100 valence electrons. The lowest BCUT2D eigenvalue weighted by molar-refractivity contribution is 0.254. The average molecular weight is 310 g/mol. The number of rotatable bonds is 4. The summed E-state index contributed by atoms with van der Waals surface area (Å²) >= 11 is 3.66. The highest BCUT2D eigenvalue weighted by molar-refractivity contribution is 9.10. The van der Waals surface area contributed by atoms with Gasteiger partial charge >= 0.3 is 0 Å². The molecule has 0 saturated heterocycles. The molecule has 2 unspecified atom stereocenters. The zero-order chi connectivity index (χ0) is 13.0. The van der Waals surface area contributed by atoms with Crippen LogP contribution in [0.2, 0.25) is 0 Å². The van der Waals surface area contributed by atoms with Gasteiger partial charge in [-0.15, -0.1) is 0 Å². The summed E-state index contributed by atoms with van der Waals surface area (Å²) < 4.78 is 1.24. The maximum absolute atomic E-state index is 3.77. The predicted molar refractivity (Wildman–Crippen MR) is 81.8 cm³/mol. The van der Waals surface area contributed by atoms with E-state index < -0.39 is 0 Å². The van der Waals surface area contributed by atoms with Crippen LogP contribution in [0, 0.1) is 12.8 Å². The molecule has 2 rings (SSSR count). The summed E-state index contributed by atoms with van der Waals surface area (Å²) in [4.78, 5) is 0. The Hall–Kier alpha value is -0.340. The number of hydrogen-bond acceptors (Lipinski definition) is 1. The van der Waals surface area contributed by atoms with Crippen LogP contribution in [0.1, 0.15) is 50.2 Å². The molecule has 0 bridgehead atoms. The first-order valence-corrected chi connectivity index (χ1v) is 7.98. The van der Waals surface area contributed by atoms with Gasteiger partial charge in [0.2, 0.25) is 0 Å². The monoisotopic (exact) mass is 309 g/mol. The van der Waals surface area contributed by atoms with Crippen molar-refractivity contribution in [3.63, 3.8) is 0 Å². The van der Waals surface area contributed by atoms with Crippen LogP contribution in [0.4, 0.5) is 0 Å². The van der Waals surface area contributed by atoms with Crippen LogP contribution in [0.3, 0.4) is 0 Å². The molecule has 0 aromatic heterocycles. The number of benzene rings is 1. The lowest BCUT2D eigenvalue weighted by Gasteiger charge is -2.31. The Balaban J connectivity index is 1.93. The van der Waals surface area contributed by atoms with Gasteiger partial charge in [0.25, 0.3) is 0 Å². The molecule has 1 aliphatic carbocycles. The number of halogens is 1. The van der Waals surface area contributed by atoms with Crippen LogP contribution >= 0.6 is 15.9 Å². The lowest BCUT2D eigenvalue weighted by atomic mass is 9.83. The van der Waals surface area contributed by atoms with E-state index in [0.29, 0.717) is 0 Å². The van der Waals surface area contributed by atoms with E-state index in [-0.39, 0.29) is 0 Å². The fourth-order valence-corrected chi connectivity index (χ4v) is 3.64. The molecule has 0 amide bonds. The topological polar surface area (TPSA) is 12.0 Å². The summed E-state index contributed by atoms with van der Waals surface area (Å²) in [5, 5.41) is 3.77. The molecule has 2 heteroatoms. The molecule has 18 heavy (non-hydrogen) atoms. The number of nitrogens with one attached hydrogen (secondary N) is 1. The normalized spacial score (nSPS) is 24.2. The van der Waals surface area contributed by atoms with Crippen molar-refractivity contribution in [2.45, 2.75) is 58.5 Å². The highest BCUT2D eigenvalue weighted by Crippen LogP contribution is 2.27. The molecule has 0 spiro atoms. The molecule has 1 aliphatic rings. The molecule has 1 aromatic carbocycles. The van der Waals surface area contributed by atoms with Gasteiger partial charge in [-0.05, 0) is 42.9 Å². The number of hydrogen-bond donors (Lipinski definition) is 1. The Kier molecular flexibility index (Phi) is 5.25. The van der Waals surface area contributed by atoms with Crippen LogP contribution in [-0.4, -0.2) is 6.04 Å². The van der Waals surface area contributed by atoms with Gasteiger partial charge in [-0.25, -0.2) is 0 Å². The summed E-state index contributed by atoms with van der Waals surface area (Å²) in [6.45, 7) is 5.45. The van der Waals surface area contributed by atoms with Gasteiger partial charge < -0.3 is 5.32 Å². The SMILES string of the molecule is CCC1CCCCC1NCc1ccc(C)cc1Br. The maximum atomic E-state index is 3.77. The van der Waals surface area contributed by atoms with Gasteiger partial charge in [-0.1, -0.05) is 54.2 Å². The summed E-state index contributed by atoms with van der Waals surface area (Å²) in [7, 11) is 0. The van der Waals surface area contributed by atoms with Gasteiger partial charge in [-0.2, -0.15) is 0 Å². The fraction of sp³-hybridized carbons (Fsp3) is 0.625. The van der Waals surface area contributed by atoms with E-state index in [1.54, 1.807) is 0 Å². The molecule has 2 atom stereocenters. The van der Waals surface area contributed by atoms with Crippen molar-refractivity contribution >= 4 is 15.9 Å². The minimum atomic E-state index is 0.719. The van der Waals surface area contributed by atoms with Crippen molar-refractivity contribution in [1.29, 1.82) is 0 Å². The smallest absolute Gasteiger partial charge is 0.0222 e. The molecule has 1 aromatic rings. The maximum Gasteiger partial charge on any atom is 0.0222 e. The van der Waals surface area contributed by atoms with Gasteiger partial charge in [0.1, 0.15) is 0 Å². The molecule has 1 nitrogen and oxygen atoms in total. The Bertz CT molecular complexity index is 389. The third kappa shape index (κ3) is 3.58. The first-order chi connectivity index (χ1) is 8.70. The van der Waals surface area contributed by atoms with Gasteiger partial charge in [0.05, 0.1) is 0 Å². The van der Waals surface area contributed by atoms with Crippen LogP contribution in [-0.2, 0) is 6.54 Å². The van der Waals surface area contributed by atoms with Crippen molar-refractivity contribution in [2.24, 2.45) is 5.92 Å². The summed E-state index contributed by atoms with van der Waals surface area (Å²) in [5.74, 6) is 0.878. The van der Waals surface area contributed by atoms with Crippen LogP contribution in [0.25, 0.3) is 0 Å². The first kappa shape index (κ1) is 14.1. The average Bonchev–Trinajstić information content (AvgIpc) is 2.38. The second-order valence-corrected chi connectivity index (χ2v) is 6.39. The van der Waals surface area contributed by atoms with E-state index in [0.717, 1.165) is 18.5 Å². The van der Waals surface area contributed by atoms with E-state index in [4.69, 9.17) is 0 Å². The third-order valence-electron chi connectivity index (χ3n) is 4.20. The van der Waals surface area contributed by atoms with Crippen LogP contribution in [0.15, 0.2) is 22.7 Å². The van der Waals surface area contributed by atoms with E-state index in [9.17, 15) is 0 Å². The molecule has 0 aliphatic heterocycles. The minimum absolute atomic E-state index is 0.719. The Morgan fingerprint density at radius 1 is 1.28 bits per heavy atom. The van der Waals surface area contributed by atoms with Crippen molar-refractivity contribution < 1.29 is 0 Å². The molecular weight excluding hydrogens is 286 g/mol. The van der Waals surface area contributed by atoms with Crippen LogP contribution in [0.5, 0.6) is 0 Å². The largest absolute Gasteiger partial charge is 0.310 e.